The summed E-state index contributed by atoms with van der Waals surface area (Å²) in [5, 5.41) is 3.37. The fourth-order valence-electron chi connectivity index (χ4n) is 3.06. The maximum absolute atomic E-state index is 12.0. The van der Waals surface area contributed by atoms with Gasteiger partial charge in [0, 0.05) is 58.7 Å². The highest BCUT2D eigenvalue weighted by atomic mass is 16.2. The van der Waals surface area contributed by atoms with E-state index in [4.69, 9.17) is 0 Å². The van der Waals surface area contributed by atoms with Crippen LogP contribution in [0.15, 0.2) is 0 Å². The SMILES string of the molecule is CC(=O)CCC(=O)N1CCC(CN2CCNCC2)CC1. The summed E-state index contributed by atoms with van der Waals surface area (Å²) in [4.78, 5) is 27.4. The molecular formula is C15H27N3O2. The molecule has 1 N–H and O–H groups in total. The van der Waals surface area contributed by atoms with Crippen LogP contribution in [0.1, 0.15) is 32.6 Å². The number of amides is 1. The van der Waals surface area contributed by atoms with Crippen molar-refractivity contribution in [1.82, 2.24) is 15.1 Å². The number of carbonyl (C=O) groups is 2. The molecule has 2 saturated heterocycles. The molecule has 2 rings (SSSR count). The van der Waals surface area contributed by atoms with E-state index in [0.29, 0.717) is 12.8 Å². The third-order valence-electron chi connectivity index (χ3n) is 4.38. The summed E-state index contributed by atoms with van der Waals surface area (Å²) < 4.78 is 0. The highest BCUT2D eigenvalue weighted by molar-refractivity contribution is 5.83. The molecule has 2 heterocycles. The first-order chi connectivity index (χ1) is 9.65. The van der Waals surface area contributed by atoms with Gasteiger partial charge in [0.2, 0.25) is 5.91 Å². The summed E-state index contributed by atoms with van der Waals surface area (Å²) in [5.41, 5.74) is 0. The van der Waals surface area contributed by atoms with E-state index in [1.807, 2.05) is 4.90 Å². The predicted molar refractivity (Wildman–Crippen MR) is 78.5 cm³/mol. The number of piperazine rings is 1. The molecule has 0 bridgehead atoms. The van der Waals surface area contributed by atoms with Crippen molar-refractivity contribution in [3.8, 4) is 0 Å². The molecule has 0 aromatic heterocycles. The maximum Gasteiger partial charge on any atom is 0.223 e. The van der Waals surface area contributed by atoms with Crippen molar-refractivity contribution in [1.29, 1.82) is 0 Å². The van der Waals surface area contributed by atoms with Gasteiger partial charge in [-0.2, -0.15) is 0 Å². The summed E-state index contributed by atoms with van der Waals surface area (Å²) in [6.07, 6.45) is 2.99. The lowest BCUT2D eigenvalue weighted by molar-refractivity contribution is -0.134. The van der Waals surface area contributed by atoms with Gasteiger partial charge in [-0.15, -0.1) is 0 Å². The molecule has 0 saturated carbocycles. The van der Waals surface area contributed by atoms with E-state index in [2.05, 4.69) is 10.2 Å². The number of nitrogens with zero attached hydrogens (tertiary/aromatic N) is 2. The Morgan fingerprint density at radius 1 is 1.05 bits per heavy atom. The topological polar surface area (TPSA) is 52.7 Å². The number of carbonyl (C=O) groups excluding carboxylic acids is 2. The summed E-state index contributed by atoms with van der Waals surface area (Å²) in [6.45, 7) is 8.96. The lowest BCUT2D eigenvalue weighted by Crippen LogP contribution is -2.47. The van der Waals surface area contributed by atoms with Gasteiger partial charge in [0.05, 0.1) is 0 Å². The number of nitrogens with one attached hydrogen (secondary N) is 1. The van der Waals surface area contributed by atoms with Crippen LogP contribution in [-0.4, -0.2) is 67.3 Å². The van der Waals surface area contributed by atoms with Gasteiger partial charge >= 0.3 is 0 Å². The normalized spacial score (nSPS) is 21.9. The van der Waals surface area contributed by atoms with E-state index >= 15 is 0 Å². The molecule has 0 aromatic carbocycles. The third kappa shape index (κ3) is 4.87. The highest BCUT2D eigenvalue weighted by Crippen LogP contribution is 2.19. The van der Waals surface area contributed by atoms with Crippen LogP contribution in [0.2, 0.25) is 0 Å². The monoisotopic (exact) mass is 281 g/mol. The lowest BCUT2D eigenvalue weighted by Gasteiger charge is -2.36. The number of hydrogen-bond acceptors (Lipinski definition) is 4. The Labute approximate surface area is 121 Å². The second-order valence-corrected chi connectivity index (χ2v) is 6.08. The van der Waals surface area contributed by atoms with Crippen LogP contribution in [0.4, 0.5) is 0 Å². The Hall–Kier alpha value is -0.940. The summed E-state index contributed by atoms with van der Waals surface area (Å²) in [6, 6.07) is 0. The van der Waals surface area contributed by atoms with Crippen molar-refractivity contribution in [3.05, 3.63) is 0 Å². The molecule has 2 aliphatic heterocycles. The van der Waals surface area contributed by atoms with Crippen molar-refractivity contribution in [2.45, 2.75) is 32.6 Å². The summed E-state index contributed by atoms with van der Waals surface area (Å²) >= 11 is 0. The summed E-state index contributed by atoms with van der Waals surface area (Å²) in [5.74, 6) is 0.984. The first-order valence-electron chi connectivity index (χ1n) is 7.85. The van der Waals surface area contributed by atoms with Gasteiger partial charge < -0.3 is 19.9 Å². The van der Waals surface area contributed by atoms with Crippen molar-refractivity contribution in [3.63, 3.8) is 0 Å². The second-order valence-electron chi connectivity index (χ2n) is 6.08. The van der Waals surface area contributed by atoms with Crippen LogP contribution in [0.3, 0.4) is 0 Å². The zero-order valence-electron chi connectivity index (χ0n) is 12.6. The van der Waals surface area contributed by atoms with Gasteiger partial charge in [-0.25, -0.2) is 0 Å². The number of rotatable bonds is 5. The van der Waals surface area contributed by atoms with Crippen LogP contribution < -0.4 is 5.32 Å². The molecule has 5 heteroatoms. The Morgan fingerprint density at radius 3 is 2.30 bits per heavy atom. The molecule has 20 heavy (non-hydrogen) atoms. The molecule has 2 aliphatic rings. The molecule has 1 amide bonds. The van der Waals surface area contributed by atoms with E-state index in [1.54, 1.807) is 6.92 Å². The van der Waals surface area contributed by atoms with E-state index in [9.17, 15) is 9.59 Å². The van der Waals surface area contributed by atoms with Crippen LogP contribution in [-0.2, 0) is 9.59 Å². The van der Waals surface area contributed by atoms with Crippen LogP contribution in [0.25, 0.3) is 0 Å². The highest BCUT2D eigenvalue weighted by Gasteiger charge is 2.24. The van der Waals surface area contributed by atoms with Gasteiger partial charge in [-0.05, 0) is 25.7 Å². The number of Topliss-reactive ketones (excluding diaryl/α,β-unsaturated/α-hetero) is 1. The maximum atomic E-state index is 12.0. The van der Waals surface area contributed by atoms with E-state index in [1.165, 1.54) is 6.54 Å². The largest absolute Gasteiger partial charge is 0.343 e. The van der Waals surface area contributed by atoms with Crippen molar-refractivity contribution in [2.24, 2.45) is 5.92 Å². The minimum absolute atomic E-state index is 0.104. The molecule has 0 unspecified atom stereocenters. The zero-order chi connectivity index (χ0) is 14.4. The third-order valence-corrected chi connectivity index (χ3v) is 4.38. The van der Waals surface area contributed by atoms with Crippen molar-refractivity contribution in [2.75, 3.05) is 45.8 Å². The van der Waals surface area contributed by atoms with Crippen molar-refractivity contribution >= 4 is 11.7 Å². The van der Waals surface area contributed by atoms with Crippen LogP contribution in [0, 0.1) is 5.92 Å². The number of ketones is 1. The van der Waals surface area contributed by atoms with Gasteiger partial charge in [0.15, 0.2) is 0 Å². The Morgan fingerprint density at radius 2 is 1.70 bits per heavy atom. The molecule has 2 fully saturated rings. The fourth-order valence-corrected chi connectivity index (χ4v) is 3.06. The first kappa shape index (κ1) is 15.4. The van der Waals surface area contributed by atoms with Crippen LogP contribution >= 0.6 is 0 Å². The average molecular weight is 281 g/mol. The first-order valence-corrected chi connectivity index (χ1v) is 7.85. The Bertz CT molecular complexity index is 332. The molecule has 5 nitrogen and oxygen atoms in total. The molecule has 0 aliphatic carbocycles. The number of hydrogen-bond donors (Lipinski definition) is 1. The number of piperidine rings is 1. The van der Waals surface area contributed by atoms with E-state index in [-0.39, 0.29) is 11.7 Å². The fraction of sp³-hybridized carbons (Fsp3) is 0.867. The van der Waals surface area contributed by atoms with Gasteiger partial charge in [-0.1, -0.05) is 0 Å². The smallest absolute Gasteiger partial charge is 0.223 e. The minimum Gasteiger partial charge on any atom is -0.343 e. The Balaban J connectivity index is 1.66. The van der Waals surface area contributed by atoms with Gasteiger partial charge in [-0.3, -0.25) is 4.79 Å². The van der Waals surface area contributed by atoms with Crippen molar-refractivity contribution < 1.29 is 9.59 Å². The molecular weight excluding hydrogens is 254 g/mol. The standard InChI is InChI=1S/C15H27N3O2/c1-13(19)2-3-15(20)18-8-4-14(5-9-18)12-17-10-6-16-7-11-17/h14,16H,2-12H2,1H3. The molecule has 0 aromatic rings. The van der Waals surface area contributed by atoms with Crippen LogP contribution in [0.5, 0.6) is 0 Å². The quantitative estimate of drug-likeness (QED) is 0.797. The second kappa shape index (κ2) is 7.74. The number of likely N-dealkylation sites (tertiary alicyclic amines) is 1. The van der Waals surface area contributed by atoms with E-state index in [0.717, 1.165) is 58.0 Å². The molecule has 0 spiro atoms. The van der Waals surface area contributed by atoms with E-state index < -0.39 is 0 Å². The molecule has 0 atom stereocenters. The summed E-state index contributed by atoms with van der Waals surface area (Å²) in [7, 11) is 0. The van der Waals surface area contributed by atoms with Gasteiger partial charge in [0.25, 0.3) is 0 Å². The average Bonchev–Trinajstić information content (AvgIpc) is 2.46. The minimum atomic E-state index is 0.104. The lowest BCUT2D eigenvalue weighted by atomic mass is 9.95. The zero-order valence-corrected chi connectivity index (χ0v) is 12.6. The molecule has 0 radical (unpaired) electrons. The molecule has 114 valence electrons. The Kier molecular flexibility index (Phi) is 5.98. The van der Waals surface area contributed by atoms with Gasteiger partial charge in [0.1, 0.15) is 5.78 Å². The predicted octanol–water partition coefficient (Wildman–Crippen LogP) is 0.499.